The second kappa shape index (κ2) is 6.24. The average Bonchev–Trinajstić information content (AvgIpc) is 2.24. The Labute approximate surface area is 99.1 Å². The number of hydrogen-bond acceptors (Lipinski definition) is 2. The van der Waals surface area contributed by atoms with Gasteiger partial charge in [0.05, 0.1) is 0 Å². The van der Waals surface area contributed by atoms with Crippen LogP contribution >= 0.6 is 0 Å². The van der Waals surface area contributed by atoms with Gasteiger partial charge < -0.3 is 9.64 Å². The topological polar surface area (TPSA) is 29.5 Å². The van der Waals surface area contributed by atoms with E-state index in [1.807, 2.05) is 11.8 Å². The van der Waals surface area contributed by atoms with Crippen molar-refractivity contribution >= 4 is 5.91 Å². The van der Waals surface area contributed by atoms with E-state index in [0.29, 0.717) is 18.4 Å². The van der Waals surface area contributed by atoms with Crippen molar-refractivity contribution in [3.8, 4) is 0 Å². The van der Waals surface area contributed by atoms with Crippen LogP contribution in [0, 0.1) is 11.8 Å². The maximum absolute atomic E-state index is 12.1. The van der Waals surface area contributed by atoms with Gasteiger partial charge in [0.25, 0.3) is 5.91 Å². The van der Waals surface area contributed by atoms with E-state index in [-0.39, 0.29) is 12.0 Å². The van der Waals surface area contributed by atoms with Gasteiger partial charge >= 0.3 is 0 Å². The van der Waals surface area contributed by atoms with Gasteiger partial charge in [0.1, 0.15) is 6.10 Å². The van der Waals surface area contributed by atoms with Crippen molar-refractivity contribution in [2.24, 2.45) is 11.8 Å². The molecule has 1 amide bonds. The molecule has 1 aliphatic rings. The molecule has 3 heteroatoms. The Hall–Kier alpha value is -0.570. The zero-order valence-corrected chi connectivity index (χ0v) is 11.0. The van der Waals surface area contributed by atoms with Gasteiger partial charge in [0, 0.05) is 19.7 Å². The predicted octanol–water partition coefficient (Wildman–Crippen LogP) is 2.31. The van der Waals surface area contributed by atoms with Crippen LogP contribution in [-0.2, 0) is 9.53 Å². The molecule has 0 bridgehead atoms. The van der Waals surface area contributed by atoms with Crippen LogP contribution in [0.25, 0.3) is 0 Å². The molecule has 3 nitrogen and oxygen atoms in total. The molecule has 16 heavy (non-hydrogen) atoms. The van der Waals surface area contributed by atoms with Gasteiger partial charge in [-0.25, -0.2) is 0 Å². The molecule has 1 rings (SSSR count). The quantitative estimate of drug-likeness (QED) is 0.737. The first kappa shape index (κ1) is 13.5. The second-order valence-corrected chi connectivity index (χ2v) is 5.40. The zero-order valence-electron chi connectivity index (χ0n) is 11.0. The highest BCUT2D eigenvalue weighted by Crippen LogP contribution is 2.16. The number of carbonyl (C=O) groups is 1. The Morgan fingerprint density at radius 1 is 1.44 bits per heavy atom. The van der Waals surface area contributed by atoms with Gasteiger partial charge in [0.15, 0.2) is 0 Å². The number of piperidine rings is 1. The molecule has 0 aromatic carbocycles. The summed E-state index contributed by atoms with van der Waals surface area (Å²) in [5.74, 6) is 1.28. The molecule has 94 valence electrons. The molecule has 0 aliphatic carbocycles. The summed E-state index contributed by atoms with van der Waals surface area (Å²) >= 11 is 0. The van der Waals surface area contributed by atoms with Crippen LogP contribution in [0.15, 0.2) is 0 Å². The van der Waals surface area contributed by atoms with Gasteiger partial charge in [-0.15, -0.1) is 0 Å². The van der Waals surface area contributed by atoms with E-state index in [4.69, 9.17) is 4.74 Å². The van der Waals surface area contributed by atoms with Crippen LogP contribution in [0.4, 0.5) is 0 Å². The summed E-state index contributed by atoms with van der Waals surface area (Å²) in [6.07, 6.45) is 2.09. The third kappa shape index (κ3) is 4.12. The van der Waals surface area contributed by atoms with Crippen molar-refractivity contribution in [3.05, 3.63) is 0 Å². The van der Waals surface area contributed by atoms with Gasteiger partial charge in [-0.2, -0.15) is 0 Å². The van der Waals surface area contributed by atoms with E-state index in [0.717, 1.165) is 19.5 Å². The fourth-order valence-electron chi connectivity index (χ4n) is 2.05. The first-order chi connectivity index (χ1) is 7.50. The largest absolute Gasteiger partial charge is 0.368 e. The number of carbonyl (C=O) groups excluding carboxylic acids is 1. The summed E-state index contributed by atoms with van der Waals surface area (Å²) in [5, 5.41) is 0. The Kier molecular flexibility index (Phi) is 5.26. The van der Waals surface area contributed by atoms with E-state index in [2.05, 4.69) is 20.8 Å². The standard InChI is InChI=1S/C13H25NO2/c1-10(2)9-16-12(4)13(15)14-7-5-6-11(3)8-14/h10-12H,5-9H2,1-4H3. The SMILES string of the molecule is CC(C)COC(C)C(=O)N1CCCC(C)C1. The minimum Gasteiger partial charge on any atom is -0.368 e. The summed E-state index contributed by atoms with van der Waals surface area (Å²) in [7, 11) is 0. The van der Waals surface area contributed by atoms with Gasteiger partial charge in [-0.05, 0) is 31.6 Å². The van der Waals surface area contributed by atoms with Gasteiger partial charge in [-0.3, -0.25) is 4.79 Å². The van der Waals surface area contributed by atoms with Crippen molar-refractivity contribution < 1.29 is 9.53 Å². The first-order valence-electron chi connectivity index (χ1n) is 6.41. The van der Waals surface area contributed by atoms with E-state index >= 15 is 0 Å². The molecule has 1 fully saturated rings. The highest BCUT2D eigenvalue weighted by atomic mass is 16.5. The van der Waals surface area contributed by atoms with E-state index in [9.17, 15) is 4.79 Å². The normalized spacial score (nSPS) is 23.6. The molecule has 1 saturated heterocycles. The Morgan fingerprint density at radius 3 is 2.69 bits per heavy atom. The van der Waals surface area contributed by atoms with Crippen LogP contribution in [0.2, 0.25) is 0 Å². The third-order valence-electron chi connectivity index (χ3n) is 3.00. The predicted molar refractivity (Wildman–Crippen MR) is 65.2 cm³/mol. The molecule has 2 unspecified atom stereocenters. The molecule has 2 atom stereocenters. The van der Waals surface area contributed by atoms with Crippen molar-refractivity contribution in [1.29, 1.82) is 0 Å². The molecule has 1 heterocycles. The highest BCUT2D eigenvalue weighted by molar-refractivity contribution is 5.80. The molecule has 0 saturated carbocycles. The van der Waals surface area contributed by atoms with Crippen molar-refractivity contribution in [3.63, 3.8) is 0 Å². The lowest BCUT2D eigenvalue weighted by atomic mass is 10.00. The lowest BCUT2D eigenvalue weighted by Crippen LogP contribution is -2.44. The number of nitrogens with zero attached hydrogens (tertiary/aromatic N) is 1. The summed E-state index contributed by atoms with van der Waals surface area (Å²) in [6, 6.07) is 0. The molecular weight excluding hydrogens is 202 g/mol. The van der Waals surface area contributed by atoms with Gasteiger partial charge in [-0.1, -0.05) is 20.8 Å². The van der Waals surface area contributed by atoms with Crippen LogP contribution in [-0.4, -0.2) is 36.6 Å². The third-order valence-corrected chi connectivity index (χ3v) is 3.00. The van der Waals surface area contributed by atoms with E-state index in [1.165, 1.54) is 6.42 Å². The molecule has 0 aromatic heterocycles. The second-order valence-electron chi connectivity index (χ2n) is 5.40. The molecule has 1 aliphatic heterocycles. The molecular formula is C13H25NO2. The van der Waals surface area contributed by atoms with Crippen LogP contribution in [0.3, 0.4) is 0 Å². The van der Waals surface area contributed by atoms with Crippen molar-refractivity contribution in [1.82, 2.24) is 4.90 Å². The van der Waals surface area contributed by atoms with Gasteiger partial charge in [0.2, 0.25) is 0 Å². The lowest BCUT2D eigenvalue weighted by molar-refractivity contribution is -0.145. The monoisotopic (exact) mass is 227 g/mol. The number of rotatable bonds is 4. The van der Waals surface area contributed by atoms with E-state index in [1.54, 1.807) is 0 Å². The maximum Gasteiger partial charge on any atom is 0.251 e. The van der Waals surface area contributed by atoms with Crippen LogP contribution in [0.1, 0.15) is 40.5 Å². The molecule has 0 radical (unpaired) electrons. The lowest BCUT2D eigenvalue weighted by Gasteiger charge is -2.32. The zero-order chi connectivity index (χ0) is 12.1. The minimum atomic E-state index is -0.285. The maximum atomic E-state index is 12.1. The van der Waals surface area contributed by atoms with E-state index < -0.39 is 0 Å². The molecule has 0 spiro atoms. The summed E-state index contributed by atoms with van der Waals surface area (Å²) in [6.45, 7) is 10.7. The first-order valence-corrected chi connectivity index (χ1v) is 6.41. The molecule has 0 aromatic rings. The summed E-state index contributed by atoms with van der Waals surface area (Å²) < 4.78 is 5.56. The smallest absolute Gasteiger partial charge is 0.251 e. The summed E-state index contributed by atoms with van der Waals surface area (Å²) in [5.41, 5.74) is 0. The van der Waals surface area contributed by atoms with Crippen molar-refractivity contribution in [2.75, 3.05) is 19.7 Å². The number of amides is 1. The Bertz CT molecular complexity index is 228. The van der Waals surface area contributed by atoms with Crippen LogP contribution in [0.5, 0.6) is 0 Å². The fraction of sp³-hybridized carbons (Fsp3) is 0.923. The Balaban J connectivity index is 2.37. The number of hydrogen-bond donors (Lipinski definition) is 0. The average molecular weight is 227 g/mol. The number of ether oxygens (including phenoxy) is 1. The van der Waals surface area contributed by atoms with Crippen LogP contribution < -0.4 is 0 Å². The Morgan fingerprint density at radius 2 is 2.12 bits per heavy atom. The van der Waals surface area contributed by atoms with Crippen molar-refractivity contribution in [2.45, 2.75) is 46.6 Å². The fourth-order valence-corrected chi connectivity index (χ4v) is 2.05. The summed E-state index contributed by atoms with van der Waals surface area (Å²) in [4.78, 5) is 14.0. The molecule has 0 N–H and O–H groups in total. The highest BCUT2D eigenvalue weighted by Gasteiger charge is 2.25. The minimum absolute atomic E-state index is 0.159. The number of likely N-dealkylation sites (tertiary alicyclic amines) is 1.